The molecule has 2 aromatic rings. The van der Waals surface area contributed by atoms with Crippen LogP contribution in [-0.4, -0.2) is 53.1 Å². The first-order valence-electron chi connectivity index (χ1n) is 9.68. The molecule has 162 valence electrons. The van der Waals surface area contributed by atoms with Gasteiger partial charge in [-0.15, -0.1) is 0 Å². The van der Waals surface area contributed by atoms with Crippen LogP contribution in [0.3, 0.4) is 0 Å². The highest BCUT2D eigenvalue weighted by Crippen LogP contribution is 2.20. The van der Waals surface area contributed by atoms with Gasteiger partial charge < -0.3 is 15.0 Å². The lowest BCUT2D eigenvalue weighted by molar-refractivity contribution is -0.138. The quantitative estimate of drug-likeness (QED) is 0.444. The van der Waals surface area contributed by atoms with Gasteiger partial charge in [0, 0.05) is 30.0 Å². The number of ether oxygens (including phenoxy) is 1. The van der Waals surface area contributed by atoms with Gasteiger partial charge in [0.1, 0.15) is 0 Å². The number of benzene rings is 2. The fourth-order valence-corrected chi connectivity index (χ4v) is 3.61. The molecule has 0 amide bonds. The number of carbonyl (C=O) groups excluding carboxylic acids is 1. The molecule has 2 rings (SSSR count). The molecule has 0 spiro atoms. The van der Waals surface area contributed by atoms with Crippen molar-refractivity contribution in [2.45, 2.75) is 18.7 Å². The van der Waals surface area contributed by atoms with Gasteiger partial charge in [-0.25, -0.2) is 17.9 Å². The number of nitrogens with zero attached hydrogens (tertiary/aromatic N) is 1. The predicted octanol–water partition coefficient (Wildman–Crippen LogP) is 3.24. The van der Waals surface area contributed by atoms with E-state index in [2.05, 4.69) is 10.0 Å². The van der Waals surface area contributed by atoms with Crippen LogP contribution >= 0.6 is 0 Å². The molecule has 0 unspecified atom stereocenters. The van der Waals surface area contributed by atoms with Crippen LogP contribution in [0.15, 0.2) is 59.0 Å². The summed E-state index contributed by atoms with van der Waals surface area (Å²) in [5.41, 5.74) is 3.04. The molecule has 30 heavy (non-hydrogen) atoms. The topological polar surface area (TPSA) is 87.7 Å². The van der Waals surface area contributed by atoms with Crippen molar-refractivity contribution in [2.24, 2.45) is 0 Å². The van der Waals surface area contributed by atoms with Gasteiger partial charge >= 0.3 is 5.97 Å². The fourth-order valence-electron chi connectivity index (χ4n) is 2.59. The lowest BCUT2D eigenvalue weighted by atomic mass is 10.1. The number of hydrogen-bond acceptors (Lipinski definition) is 6. The summed E-state index contributed by atoms with van der Waals surface area (Å²) in [5, 5.41) is 3.23. The van der Waals surface area contributed by atoms with Crippen LogP contribution in [-0.2, 0) is 19.6 Å². The second-order valence-corrected chi connectivity index (χ2v) is 8.79. The molecule has 7 nitrogen and oxygen atoms in total. The smallest absolute Gasteiger partial charge is 0.333 e. The molecule has 0 saturated heterocycles. The van der Waals surface area contributed by atoms with Crippen molar-refractivity contribution in [3.05, 3.63) is 59.7 Å². The van der Waals surface area contributed by atoms with Gasteiger partial charge in [-0.3, -0.25) is 0 Å². The maximum Gasteiger partial charge on any atom is 0.333 e. The molecule has 0 radical (unpaired) electrons. The zero-order valence-electron chi connectivity index (χ0n) is 17.8. The van der Waals surface area contributed by atoms with Gasteiger partial charge in [-0.2, -0.15) is 0 Å². The Morgan fingerprint density at radius 3 is 2.13 bits per heavy atom. The molecular formula is C22H29N3O4S. The van der Waals surface area contributed by atoms with Crippen LogP contribution in [0.5, 0.6) is 0 Å². The van der Waals surface area contributed by atoms with Crippen LogP contribution in [0, 0.1) is 0 Å². The monoisotopic (exact) mass is 431 g/mol. The van der Waals surface area contributed by atoms with E-state index in [1.54, 1.807) is 44.2 Å². The second-order valence-electron chi connectivity index (χ2n) is 7.02. The summed E-state index contributed by atoms with van der Waals surface area (Å²) in [7, 11) is 0.253. The van der Waals surface area contributed by atoms with E-state index < -0.39 is 10.0 Å². The SMILES string of the molecule is CCOC(=O)C(C)=Cc1ccc(Nc2ccc(S(=O)(=O)NCCN(C)C)cc2)cc1. The lowest BCUT2D eigenvalue weighted by Crippen LogP contribution is -2.31. The molecule has 0 fully saturated rings. The minimum Gasteiger partial charge on any atom is -0.463 e. The molecule has 0 aromatic heterocycles. The standard InChI is InChI=1S/C22H29N3O4S/c1-5-29-22(26)17(2)16-18-6-8-19(9-7-18)24-20-10-12-21(13-11-20)30(27,28)23-14-15-25(3)4/h6-13,16,23-24H,5,14-15H2,1-4H3. The number of carbonyl (C=O) groups is 1. The summed E-state index contributed by atoms with van der Waals surface area (Å²) in [5.74, 6) is -0.328. The highest BCUT2D eigenvalue weighted by molar-refractivity contribution is 7.89. The van der Waals surface area contributed by atoms with Crippen molar-refractivity contribution in [3.63, 3.8) is 0 Å². The third-order valence-corrected chi connectivity index (χ3v) is 5.67. The zero-order chi connectivity index (χ0) is 22.1. The molecule has 2 aromatic carbocycles. The average Bonchev–Trinajstić information content (AvgIpc) is 2.69. The molecule has 0 aliphatic carbocycles. The molecule has 2 N–H and O–H groups in total. The Morgan fingerprint density at radius 1 is 1.03 bits per heavy atom. The van der Waals surface area contributed by atoms with E-state index in [0.717, 1.165) is 16.9 Å². The van der Waals surface area contributed by atoms with E-state index in [9.17, 15) is 13.2 Å². The summed E-state index contributed by atoms with van der Waals surface area (Å²) in [6.45, 7) is 4.82. The Bertz CT molecular complexity index is 966. The summed E-state index contributed by atoms with van der Waals surface area (Å²) in [6, 6.07) is 14.1. The van der Waals surface area contributed by atoms with Crippen LogP contribution in [0.2, 0.25) is 0 Å². The number of rotatable bonds is 10. The molecule has 0 atom stereocenters. The number of hydrogen-bond donors (Lipinski definition) is 2. The third-order valence-electron chi connectivity index (χ3n) is 4.20. The van der Waals surface area contributed by atoms with Gasteiger partial charge in [0.25, 0.3) is 0 Å². The van der Waals surface area contributed by atoms with E-state index in [-0.39, 0.29) is 10.9 Å². The van der Waals surface area contributed by atoms with Gasteiger partial charge in [0.15, 0.2) is 0 Å². The maximum atomic E-state index is 12.3. The van der Waals surface area contributed by atoms with Gasteiger partial charge in [-0.1, -0.05) is 12.1 Å². The zero-order valence-corrected chi connectivity index (χ0v) is 18.6. The molecule has 0 bridgehead atoms. The first-order valence-corrected chi connectivity index (χ1v) is 11.2. The van der Waals surface area contributed by atoms with Gasteiger partial charge in [0.2, 0.25) is 10.0 Å². The fraction of sp³-hybridized carbons (Fsp3) is 0.318. The van der Waals surface area contributed by atoms with Crippen molar-refractivity contribution < 1.29 is 17.9 Å². The van der Waals surface area contributed by atoms with E-state index in [1.807, 2.05) is 43.3 Å². The Balaban J connectivity index is 2.00. The first-order chi connectivity index (χ1) is 14.2. The van der Waals surface area contributed by atoms with Crippen molar-refractivity contribution >= 4 is 33.4 Å². The van der Waals surface area contributed by atoms with Gasteiger partial charge in [0.05, 0.1) is 11.5 Å². The number of anilines is 2. The van der Waals surface area contributed by atoms with Gasteiger partial charge in [-0.05, 0) is 76.0 Å². The second kappa shape index (κ2) is 10.9. The molecule has 0 heterocycles. The summed E-state index contributed by atoms with van der Waals surface area (Å²) in [4.78, 5) is 13.8. The van der Waals surface area contributed by atoms with Crippen LogP contribution < -0.4 is 10.0 Å². The van der Waals surface area contributed by atoms with E-state index in [4.69, 9.17) is 4.74 Å². The van der Waals surface area contributed by atoms with Crippen LogP contribution in [0.25, 0.3) is 6.08 Å². The van der Waals surface area contributed by atoms with E-state index in [1.165, 1.54) is 0 Å². The predicted molar refractivity (Wildman–Crippen MR) is 120 cm³/mol. The summed E-state index contributed by atoms with van der Waals surface area (Å²) >= 11 is 0. The normalized spacial score (nSPS) is 12.1. The minimum atomic E-state index is -3.52. The van der Waals surface area contributed by atoms with Crippen molar-refractivity contribution in [1.29, 1.82) is 0 Å². The maximum absolute atomic E-state index is 12.3. The molecule has 8 heteroatoms. The van der Waals surface area contributed by atoms with Crippen LogP contribution in [0.1, 0.15) is 19.4 Å². The molecular weight excluding hydrogens is 402 g/mol. The highest BCUT2D eigenvalue weighted by atomic mass is 32.2. The number of esters is 1. The number of nitrogens with one attached hydrogen (secondary N) is 2. The highest BCUT2D eigenvalue weighted by Gasteiger charge is 2.13. The van der Waals surface area contributed by atoms with E-state index in [0.29, 0.717) is 25.3 Å². The van der Waals surface area contributed by atoms with Crippen molar-refractivity contribution in [1.82, 2.24) is 9.62 Å². The Labute approximate surface area is 178 Å². The molecule has 0 aliphatic rings. The Morgan fingerprint density at radius 2 is 1.60 bits per heavy atom. The molecule has 0 aliphatic heterocycles. The average molecular weight is 432 g/mol. The number of sulfonamides is 1. The lowest BCUT2D eigenvalue weighted by Gasteiger charge is -2.12. The minimum absolute atomic E-state index is 0.224. The first kappa shape index (κ1) is 23.6. The van der Waals surface area contributed by atoms with Crippen molar-refractivity contribution in [2.75, 3.05) is 39.1 Å². The van der Waals surface area contributed by atoms with Crippen LogP contribution in [0.4, 0.5) is 11.4 Å². The third kappa shape index (κ3) is 7.29. The number of likely N-dealkylation sites (N-methyl/N-ethyl adjacent to an activating group) is 1. The summed E-state index contributed by atoms with van der Waals surface area (Å²) < 4.78 is 32.2. The summed E-state index contributed by atoms with van der Waals surface area (Å²) in [6.07, 6.45) is 1.77. The largest absolute Gasteiger partial charge is 0.463 e. The molecule has 0 saturated carbocycles. The van der Waals surface area contributed by atoms with E-state index >= 15 is 0 Å². The van der Waals surface area contributed by atoms with Crippen molar-refractivity contribution in [3.8, 4) is 0 Å². The Kier molecular flexibility index (Phi) is 8.58. The Hall–Kier alpha value is -2.68.